The zero-order valence-electron chi connectivity index (χ0n) is 8.88. The molecule has 1 aromatic heterocycles. The molecule has 0 unspecified atom stereocenters. The van der Waals surface area contributed by atoms with Crippen LogP contribution >= 0.6 is 11.8 Å². The number of benzene rings is 1. The molecule has 0 aliphatic heterocycles. The van der Waals surface area contributed by atoms with Gasteiger partial charge in [-0.2, -0.15) is 0 Å². The minimum Gasteiger partial charge on any atom is -0.507 e. The van der Waals surface area contributed by atoms with Gasteiger partial charge < -0.3 is 14.7 Å². The molecule has 0 atom stereocenters. The first-order chi connectivity index (χ1) is 8.13. The van der Waals surface area contributed by atoms with Gasteiger partial charge in [0.2, 0.25) is 5.76 Å². The molecular weight excluding hydrogens is 242 g/mol. The van der Waals surface area contributed by atoms with Crippen LogP contribution in [0, 0.1) is 0 Å². The zero-order valence-corrected chi connectivity index (χ0v) is 9.69. The molecule has 0 saturated carbocycles. The summed E-state index contributed by atoms with van der Waals surface area (Å²) >= 11 is 1.43. The third-order valence-corrected chi connectivity index (χ3v) is 2.98. The molecule has 0 aliphatic carbocycles. The minimum absolute atomic E-state index is 0.0436. The van der Waals surface area contributed by atoms with Gasteiger partial charge in [-0.3, -0.25) is 0 Å². The van der Waals surface area contributed by atoms with Crippen molar-refractivity contribution in [2.45, 2.75) is 4.90 Å². The molecule has 5 nitrogen and oxygen atoms in total. The number of nitrogens with zero attached hydrogens (tertiary/aromatic N) is 1. The molecule has 0 aliphatic rings. The monoisotopic (exact) mass is 251 g/mol. The molecule has 0 saturated heterocycles. The summed E-state index contributed by atoms with van der Waals surface area (Å²) in [6, 6.07) is 6.33. The van der Waals surface area contributed by atoms with Crippen LogP contribution in [-0.4, -0.2) is 27.6 Å². The van der Waals surface area contributed by atoms with Gasteiger partial charge in [-0.05, 0) is 18.4 Å². The number of phenolic OH excluding ortho intramolecular Hbond substituents is 1. The summed E-state index contributed by atoms with van der Waals surface area (Å²) in [5, 5.41) is 22.2. The SMILES string of the molecule is CSc1cccc(O)c1-c1cc(C(=O)O)on1. The smallest absolute Gasteiger partial charge is 0.374 e. The van der Waals surface area contributed by atoms with E-state index in [1.807, 2.05) is 12.3 Å². The van der Waals surface area contributed by atoms with Gasteiger partial charge in [0, 0.05) is 11.0 Å². The lowest BCUT2D eigenvalue weighted by Gasteiger charge is -2.05. The normalized spacial score (nSPS) is 10.4. The standard InChI is InChI=1S/C11H9NO4S/c1-17-9-4-2-3-7(13)10(9)6-5-8(11(14)15)16-12-6/h2-5,13H,1H3,(H,14,15). The van der Waals surface area contributed by atoms with Crippen molar-refractivity contribution in [1.82, 2.24) is 5.16 Å². The average molecular weight is 251 g/mol. The van der Waals surface area contributed by atoms with E-state index in [1.54, 1.807) is 6.07 Å². The highest BCUT2D eigenvalue weighted by Gasteiger charge is 2.17. The fourth-order valence-electron chi connectivity index (χ4n) is 1.44. The molecular formula is C11H9NO4S. The van der Waals surface area contributed by atoms with Crippen molar-refractivity contribution in [1.29, 1.82) is 0 Å². The van der Waals surface area contributed by atoms with Gasteiger partial charge in [0.15, 0.2) is 0 Å². The predicted octanol–water partition coefficient (Wildman–Crippen LogP) is 2.47. The lowest BCUT2D eigenvalue weighted by molar-refractivity contribution is 0.0652. The molecule has 17 heavy (non-hydrogen) atoms. The maximum atomic E-state index is 10.7. The summed E-state index contributed by atoms with van der Waals surface area (Å²) in [5.41, 5.74) is 0.793. The summed E-state index contributed by atoms with van der Waals surface area (Å²) < 4.78 is 4.67. The number of rotatable bonds is 3. The van der Waals surface area contributed by atoms with Crippen molar-refractivity contribution in [2.24, 2.45) is 0 Å². The van der Waals surface area contributed by atoms with Crippen LogP contribution in [0.4, 0.5) is 0 Å². The summed E-state index contributed by atoms with van der Waals surface area (Å²) in [4.78, 5) is 11.5. The molecule has 1 heterocycles. The zero-order chi connectivity index (χ0) is 12.4. The highest BCUT2D eigenvalue weighted by molar-refractivity contribution is 7.98. The lowest BCUT2D eigenvalue weighted by Crippen LogP contribution is -1.91. The third kappa shape index (κ3) is 2.12. The maximum absolute atomic E-state index is 10.7. The van der Waals surface area contributed by atoms with Gasteiger partial charge in [-0.15, -0.1) is 11.8 Å². The van der Waals surface area contributed by atoms with E-state index in [2.05, 4.69) is 9.68 Å². The topological polar surface area (TPSA) is 83.6 Å². The fraction of sp³-hybridized carbons (Fsp3) is 0.0909. The first kappa shape index (κ1) is 11.5. The molecule has 0 spiro atoms. The molecule has 0 radical (unpaired) electrons. The minimum atomic E-state index is -1.19. The first-order valence-corrected chi connectivity index (χ1v) is 5.92. The Bertz CT molecular complexity index is 564. The van der Waals surface area contributed by atoms with E-state index in [-0.39, 0.29) is 11.5 Å². The third-order valence-electron chi connectivity index (χ3n) is 2.20. The van der Waals surface area contributed by atoms with Crippen molar-refractivity contribution >= 4 is 17.7 Å². The van der Waals surface area contributed by atoms with Crippen molar-refractivity contribution in [3.63, 3.8) is 0 Å². The van der Waals surface area contributed by atoms with E-state index in [9.17, 15) is 9.90 Å². The molecule has 0 fully saturated rings. The number of hydrogen-bond acceptors (Lipinski definition) is 5. The van der Waals surface area contributed by atoms with Gasteiger partial charge in [0.25, 0.3) is 0 Å². The Morgan fingerprint density at radius 2 is 2.24 bits per heavy atom. The van der Waals surface area contributed by atoms with Crippen molar-refractivity contribution in [3.05, 3.63) is 30.0 Å². The van der Waals surface area contributed by atoms with Gasteiger partial charge in [0.1, 0.15) is 11.4 Å². The Kier molecular flexibility index (Phi) is 3.06. The van der Waals surface area contributed by atoms with Crippen molar-refractivity contribution in [2.75, 3.05) is 6.26 Å². The van der Waals surface area contributed by atoms with Gasteiger partial charge in [0.05, 0.1) is 5.56 Å². The van der Waals surface area contributed by atoms with Gasteiger partial charge in [-0.1, -0.05) is 11.2 Å². The fourth-order valence-corrected chi connectivity index (χ4v) is 2.07. The quantitative estimate of drug-likeness (QED) is 0.815. The van der Waals surface area contributed by atoms with Crippen LogP contribution in [0.5, 0.6) is 5.75 Å². The number of carbonyl (C=O) groups is 1. The van der Waals surface area contributed by atoms with E-state index in [0.717, 1.165) is 4.90 Å². The first-order valence-electron chi connectivity index (χ1n) is 4.70. The Morgan fingerprint density at radius 1 is 1.47 bits per heavy atom. The highest BCUT2D eigenvalue weighted by atomic mass is 32.2. The predicted molar refractivity (Wildman–Crippen MR) is 62.3 cm³/mol. The number of aromatic hydroxyl groups is 1. The molecule has 2 rings (SSSR count). The summed E-state index contributed by atoms with van der Waals surface area (Å²) in [6.45, 7) is 0. The molecule has 88 valence electrons. The van der Waals surface area contributed by atoms with Crippen LogP contribution in [0.1, 0.15) is 10.6 Å². The Hall–Kier alpha value is -1.95. The summed E-state index contributed by atoms with van der Waals surface area (Å²) in [5.74, 6) is -1.40. The second-order valence-corrected chi connectivity index (χ2v) is 4.08. The number of aromatic nitrogens is 1. The molecule has 1 aromatic carbocycles. The van der Waals surface area contributed by atoms with Crippen molar-refractivity contribution in [3.8, 4) is 17.0 Å². The van der Waals surface area contributed by atoms with Crippen molar-refractivity contribution < 1.29 is 19.5 Å². The second-order valence-electron chi connectivity index (χ2n) is 3.24. The van der Waals surface area contributed by atoms with Crippen LogP contribution in [0.15, 0.2) is 33.7 Å². The number of phenols is 1. The maximum Gasteiger partial charge on any atom is 0.374 e. The Labute approximate surface area is 101 Å². The molecule has 0 bridgehead atoms. The van der Waals surface area contributed by atoms with Crippen LogP contribution in [0.25, 0.3) is 11.3 Å². The Morgan fingerprint density at radius 3 is 2.82 bits per heavy atom. The number of thioether (sulfide) groups is 1. The van der Waals surface area contributed by atoms with Gasteiger partial charge in [-0.25, -0.2) is 4.79 Å². The van der Waals surface area contributed by atoms with Crippen LogP contribution in [-0.2, 0) is 0 Å². The lowest BCUT2D eigenvalue weighted by atomic mass is 10.1. The van der Waals surface area contributed by atoms with Crippen LogP contribution < -0.4 is 0 Å². The molecule has 0 amide bonds. The molecule has 2 N–H and O–H groups in total. The average Bonchev–Trinajstić information content (AvgIpc) is 2.77. The number of carboxylic acids is 1. The van der Waals surface area contributed by atoms with E-state index >= 15 is 0 Å². The van der Waals surface area contributed by atoms with E-state index in [4.69, 9.17) is 5.11 Å². The number of carboxylic acid groups (broad SMARTS) is 1. The van der Waals surface area contributed by atoms with E-state index in [0.29, 0.717) is 11.3 Å². The number of aromatic carboxylic acids is 1. The summed E-state index contributed by atoms with van der Waals surface area (Å²) in [7, 11) is 0. The van der Waals surface area contributed by atoms with Crippen LogP contribution in [0.3, 0.4) is 0 Å². The highest BCUT2D eigenvalue weighted by Crippen LogP contribution is 2.36. The summed E-state index contributed by atoms with van der Waals surface area (Å²) in [6.07, 6.45) is 1.86. The van der Waals surface area contributed by atoms with E-state index < -0.39 is 5.97 Å². The molecule has 2 aromatic rings. The van der Waals surface area contributed by atoms with E-state index in [1.165, 1.54) is 23.9 Å². The number of hydrogen-bond donors (Lipinski definition) is 2. The second kappa shape index (κ2) is 4.50. The Balaban J connectivity index is 2.55. The molecule has 6 heteroatoms. The van der Waals surface area contributed by atoms with Crippen LogP contribution in [0.2, 0.25) is 0 Å². The largest absolute Gasteiger partial charge is 0.507 e. The van der Waals surface area contributed by atoms with Gasteiger partial charge >= 0.3 is 5.97 Å².